The molecule has 2 aromatic heterocycles. The fourth-order valence-electron chi connectivity index (χ4n) is 4.95. The Labute approximate surface area is 188 Å². The van der Waals surface area contributed by atoms with Crippen LogP contribution in [0.3, 0.4) is 0 Å². The van der Waals surface area contributed by atoms with Gasteiger partial charge < -0.3 is 14.8 Å². The highest BCUT2D eigenvalue weighted by Gasteiger charge is 2.40. The van der Waals surface area contributed by atoms with Crippen LogP contribution < -0.4 is 5.32 Å². The smallest absolute Gasteiger partial charge is 0.170 e. The molecule has 31 heavy (non-hydrogen) atoms. The molecule has 4 aromatic rings. The zero-order valence-corrected chi connectivity index (χ0v) is 18.9. The van der Waals surface area contributed by atoms with Crippen molar-refractivity contribution >= 4 is 28.1 Å². The SMILES string of the molecule is CCN1C(=S)N[C@@H](c2ccccn2)[C@@H]1c1cc(C)n(-c2cccc3ccccc23)c1C. The van der Waals surface area contributed by atoms with Crippen molar-refractivity contribution in [2.45, 2.75) is 32.9 Å². The van der Waals surface area contributed by atoms with Crippen molar-refractivity contribution < 1.29 is 0 Å². The van der Waals surface area contributed by atoms with Gasteiger partial charge in [-0.2, -0.15) is 0 Å². The second kappa shape index (κ2) is 7.82. The zero-order chi connectivity index (χ0) is 21.5. The van der Waals surface area contributed by atoms with Gasteiger partial charge in [0.05, 0.1) is 23.5 Å². The average Bonchev–Trinajstić information content (AvgIpc) is 3.28. The number of hydrogen-bond acceptors (Lipinski definition) is 2. The molecule has 0 unspecified atom stereocenters. The lowest BCUT2D eigenvalue weighted by Gasteiger charge is -2.27. The first kappa shape index (κ1) is 19.8. The summed E-state index contributed by atoms with van der Waals surface area (Å²) in [7, 11) is 0. The molecule has 0 aliphatic carbocycles. The van der Waals surface area contributed by atoms with E-state index in [1.54, 1.807) is 0 Å². The molecule has 3 heterocycles. The van der Waals surface area contributed by atoms with Crippen LogP contribution in [-0.4, -0.2) is 26.1 Å². The molecule has 1 aliphatic heterocycles. The number of likely N-dealkylation sites (N-methyl/N-ethyl adjacent to an activating group) is 1. The topological polar surface area (TPSA) is 33.1 Å². The van der Waals surface area contributed by atoms with Gasteiger partial charge in [0.1, 0.15) is 0 Å². The first-order chi connectivity index (χ1) is 15.1. The van der Waals surface area contributed by atoms with Gasteiger partial charge >= 0.3 is 0 Å². The van der Waals surface area contributed by atoms with E-state index in [4.69, 9.17) is 12.2 Å². The van der Waals surface area contributed by atoms with Crippen LogP contribution >= 0.6 is 12.2 Å². The number of thiocarbonyl (C=S) groups is 1. The van der Waals surface area contributed by atoms with Crippen molar-refractivity contribution in [3.05, 3.63) is 95.6 Å². The lowest BCUT2D eigenvalue weighted by Crippen LogP contribution is -2.29. The van der Waals surface area contributed by atoms with E-state index < -0.39 is 0 Å². The minimum absolute atomic E-state index is 0.0233. The number of nitrogens with zero attached hydrogens (tertiary/aromatic N) is 3. The first-order valence-corrected chi connectivity index (χ1v) is 11.2. The van der Waals surface area contributed by atoms with Crippen molar-refractivity contribution in [1.82, 2.24) is 19.8 Å². The molecule has 4 nitrogen and oxygen atoms in total. The van der Waals surface area contributed by atoms with E-state index in [-0.39, 0.29) is 12.1 Å². The van der Waals surface area contributed by atoms with Gasteiger partial charge in [-0.25, -0.2) is 0 Å². The molecule has 1 saturated heterocycles. The third kappa shape index (κ3) is 3.20. The summed E-state index contributed by atoms with van der Waals surface area (Å²) in [6, 6.07) is 23.6. The lowest BCUT2D eigenvalue weighted by atomic mass is 9.97. The van der Waals surface area contributed by atoms with E-state index in [1.165, 1.54) is 33.4 Å². The van der Waals surface area contributed by atoms with Crippen molar-refractivity contribution in [3.8, 4) is 5.69 Å². The van der Waals surface area contributed by atoms with Crippen molar-refractivity contribution in [1.29, 1.82) is 0 Å². The zero-order valence-electron chi connectivity index (χ0n) is 18.0. The second-order valence-electron chi connectivity index (χ2n) is 8.07. The van der Waals surface area contributed by atoms with Crippen molar-refractivity contribution in [2.75, 3.05) is 6.54 Å². The quantitative estimate of drug-likeness (QED) is 0.429. The fourth-order valence-corrected chi connectivity index (χ4v) is 5.32. The summed E-state index contributed by atoms with van der Waals surface area (Å²) in [5.74, 6) is 0. The average molecular weight is 427 g/mol. The standard InChI is InChI=1S/C26H26N4S/c1-4-29-25(24(28-26(29)31)22-13-7-8-15-27-22)21-16-17(2)30(18(21)3)23-14-9-11-19-10-5-6-12-20(19)23/h5-16,24-25H,4H2,1-3H3,(H,28,31)/t24-,25-/m0/s1. The number of benzene rings is 2. The largest absolute Gasteiger partial charge is 0.352 e. The summed E-state index contributed by atoms with van der Waals surface area (Å²) in [6.07, 6.45) is 1.85. The Kier molecular flexibility index (Phi) is 4.98. The predicted octanol–water partition coefficient (Wildman–Crippen LogP) is 5.63. The van der Waals surface area contributed by atoms with E-state index in [0.29, 0.717) is 0 Å². The maximum atomic E-state index is 5.71. The summed E-state index contributed by atoms with van der Waals surface area (Å²) in [4.78, 5) is 6.92. The number of aryl methyl sites for hydroxylation is 1. The van der Waals surface area contributed by atoms with Crippen molar-refractivity contribution in [3.63, 3.8) is 0 Å². The second-order valence-corrected chi connectivity index (χ2v) is 8.46. The van der Waals surface area contributed by atoms with Crippen LogP contribution in [0.15, 0.2) is 72.9 Å². The summed E-state index contributed by atoms with van der Waals surface area (Å²) < 4.78 is 2.38. The highest BCUT2D eigenvalue weighted by Crippen LogP contribution is 2.41. The van der Waals surface area contributed by atoms with E-state index in [0.717, 1.165) is 17.4 Å². The van der Waals surface area contributed by atoms with Crippen LogP contribution in [0.5, 0.6) is 0 Å². The summed E-state index contributed by atoms with van der Waals surface area (Å²) in [6.45, 7) is 7.41. The summed E-state index contributed by atoms with van der Waals surface area (Å²) in [5.41, 5.74) is 5.98. The minimum Gasteiger partial charge on any atom is -0.352 e. The Balaban J connectivity index is 1.68. The highest BCUT2D eigenvalue weighted by atomic mass is 32.1. The molecule has 156 valence electrons. The molecule has 5 rings (SSSR count). The molecule has 2 atom stereocenters. The number of hydrogen-bond donors (Lipinski definition) is 1. The Morgan fingerprint density at radius 2 is 1.77 bits per heavy atom. The molecular weight excluding hydrogens is 400 g/mol. The van der Waals surface area contributed by atoms with Crippen LogP contribution in [0, 0.1) is 13.8 Å². The number of fused-ring (bicyclic) bond motifs is 1. The maximum Gasteiger partial charge on any atom is 0.170 e. The van der Waals surface area contributed by atoms with E-state index in [9.17, 15) is 0 Å². The molecule has 1 N–H and O–H groups in total. The Morgan fingerprint density at radius 1 is 1.00 bits per heavy atom. The lowest BCUT2D eigenvalue weighted by molar-refractivity contribution is 0.329. The molecular formula is C26H26N4S. The predicted molar refractivity (Wildman–Crippen MR) is 131 cm³/mol. The van der Waals surface area contributed by atoms with E-state index in [1.807, 2.05) is 18.3 Å². The normalized spacial score (nSPS) is 18.5. The number of pyridine rings is 1. The van der Waals surface area contributed by atoms with Crippen LogP contribution in [0.4, 0.5) is 0 Å². The third-order valence-electron chi connectivity index (χ3n) is 6.33. The molecule has 0 amide bonds. The molecule has 0 bridgehead atoms. The van der Waals surface area contributed by atoms with Gasteiger partial charge in [-0.05, 0) is 68.2 Å². The maximum absolute atomic E-state index is 5.71. The third-order valence-corrected chi connectivity index (χ3v) is 6.69. The minimum atomic E-state index is 0.0233. The Bertz CT molecular complexity index is 1260. The van der Waals surface area contributed by atoms with Crippen LogP contribution in [0.1, 0.15) is 41.7 Å². The molecule has 0 saturated carbocycles. The molecule has 1 fully saturated rings. The van der Waals surface area contributed by atoms with Gasteiger partial charge in [0.15, 0.2) is 5.11 Å². The summed E-state index contributed by atoms with van der Waals surface area (Å²) in [5, 5.41) is 6.83. The molecule has 0 spiro atoms. The van der Waals surface area contributed by atoms with E-state index >= 15 is 0 Å². The van der Waals surface area contributed by atoms with Gasteiger partial charge in [-0.15, -0.1) is 0 Å². The van der Waals surface area contributed by atoms with E-state index in [2.05, 4.69) is 95.1 Å². The van der Waals surface area contributed by atoms with Crippen LogP contribution in [0.2, 0.25) is 0 Å². The molecule has 2 aromatic carbocycles. The number of rotatable bonds is 4. The number of nitrogens with one attached hydrogen (secondary N) is 1. The molecule has 1 aliphatic rings. The number of aromatic nitrogens is 2. The van der Waals surface area contributed by atoms with Gasteiger partial charge in [-0.1, -0.05) is 42.5 Å². The van der Waals surface area contributed by atoms with Crippen LogP contribution in [0.25, 0.3) is 16.5 Å². The monoisotopic (exact) mass is 426 g/mol. The van der Waals surface area contributed by atoms with Crippen molar-refractivity contribution in [2.24, 2.45) is 0 Å². The fraction of sp³-hybridized carbons (Fsp3) is 0.231. The summed E-state index contributed by atoms with van der Waals surface area (Å²) >= 11 is 5.71. The van der Waals surface area contributed by atoms with Gasteiger partial charge in [-0.3, -0.25) is 4.98 Å². The van der Waals surface area contributed by atoms with Gasteiger partial charge in [0, 0.05) is 29.5 Å². The molecule has 5 heteroatoms. The van der Waals surface area contributed by atoms with Crippen LogP contribution in [-0.2, 0) is 0 Å². The van der Waals surface area contributed by atoms with Gasteiger partial charge in [0.2, 0.25) is 0 Å². The Hall–Kier alpha value is -3.18. The first-order valence-electron chi connectivity index (χ1n) is 10.7. The van der Waals surface area contributed by atoms with Gasteiger partial charge in [0.25, 0.3) is 0 Å². The highest BCUT2D eigenvalue weighted by molar-refractivity contribution is 7.80. The Morgan fingerprint density at radius 3 is 2.55 bits per heavy atom. The molecule has 0 radical (unpaired) electrons.